The number of carboxylic acids is 1. The fourth-order valence-electron chi connectivity index (χ4n) is 2.22. The van der Waals surface area contributed by atoms with Crippen molar-refractivity contribution in [3.63, 3.8) is 0 Å². The van der Waals surface area contributed by atoms with Gasteiger partial charge in [0.2, 0.25) is 0 Å². The van der Waals surface area contributed by atoms with Gasteiger partial charge in [-0.25, -0.2) is 9.78 Å². The second-order valence-electron chi connectivity index (χ2n) is 5.51. The highest BCUT2D eigenvalue weighted by atomic mass is 32.1. The maximum absolute atomic E-state index is 11.1. The number of hydrogen-bond donors (Lipinski definition) is 2. The summed E-state index contributed by atoms with van der Waals surface area (Å²) in [6, 6.07) is 5.82. The number of hydrogen-bond acceptors (Lipinski definition) is 6. The number of anilines is 1. The molecule has 136 valence electrons. The van der Waals surface area contributed by atoms with E-state index in [1.54, 1.807) is 6.92 Å². The average molecular weight is 364 g/mol. The SMILES string of the molecule is CCCCOc1ccc(CNc2nc(C)c(C(=O)O)s2)cc1OCC. The van der Waals surface area contributed by atoms with Crippen LogP contribution < -0.4 is 14.8 Å². The summed E-state index contributed by atoms with van der Waals surface area (Å²) < 4.78 is 11.4. The lowest BCUT2D eigenvalue weighted by molar-refractivity contribution is 0.0701. The molecule has 0 bridgehead atoms. The average Bonchev–Trinajstić information content (AvgIpc) is 2.96. The van der Waals surface area contributed by atoms with Gasteiger partial charge in [0.05, 0.1) is 18.9 Å². The normalized spacial score (nSPS) is 10.5. The first-order chi connectivity index (χ1) is 12.0. The third kappa shape index (κ3) is 5.35. The van der Waals surface area contributed by atoms with E-state index < -0.39 is 5.97 Å². The molecule has 0 aliphatic carbocycles. The van der Waals surface area contributed by atoms with Crippen LogP contribution in [-0.4, -0.2) is 29.3 Å². The molecule has 2 aromatic rings. The van der Waals surface area contributed by atoms with Crippen molar-refractivity contribution in [1.82, 2.24) is 4.98 Å². The topological polar surface area (TPSA) is 80.7 Å². The minimum atomic E-state index is -0.949. The maximum Gasteiger partial charge on any atom is 0.347 e. The van der Waals surface area contributed by atoms with Crippen molar-refractivity contribution in [3.05, 3.63) is 34.3 Å². The van der Waals surface area contributed by atoms with Gasteiger partial charge in [0, 0.05) is 6.54 Å². The lowest BCUT2D eigenvalue weighted by Gasteiger charge is -2.13. The molecule has 6 nitrogen and oxygen atoms in total. The number of thiazole rings is 1. The lowest BCUT2D eigenvalue weighted by atomic mass is 10.2. The largest absolute Gasteiger partial charge is 0.490 e. The van der Waals surface area contributed by atoms with Crippen molar-refractivity contribution in [3.8, 4) is 11.5 Å². The van der Waals surface area contributed by atoms with Gasteiger partial charge in [-0.05, 0) is 38.0 Å². The van der Waals surface area contributed by atoms with E-state index in [0.29, 0.717) is 30.6 Å². The minimum Gasteiger partial charge on any atom is -0.490 e. The van der Waals surface area contributed by atoms with E-state index in [9.17, 15) is 4.79 Å². The summed E-state index contributed by atoms with van der Waals surface area (Å²) in [5.41, 5.74) is 1.53. The van der Waals surface area contributed by atoms with Crippen molar-refractivity contribution in [1.29, 1.82) is 0 Å². The molecule has 0 aliphatic heterocycles. The standard InChI is InChI=1S/C18H24N2O4S/c1-4-6-9-24-14-8-7-13(10-15(14)23-5-2)11-19-18-20-12(3)16(25-18)17(21)22/h7-8,10H,4-6,9,11H2,1-3H3,(H,19,20)(H,21,22). The number of rotatable bonds is 10. The fourth-order valence-corrected chi connectivity index (χ4v) is 3.03. The number of nitrogens with zero attached hydrogens (tertiary/aromatic N) is 1. The van der Waals surface area contributed by atoms with Crippen molar-refractivity contribution in [2.45, 2.75) is 40.2 Å². The molecule has 0 unspecified atom stereocenters. The highest BCUT2D eigenvalue weighted by Crippen LogP contribution is 2.29. The van der Waals surface area contributed by atoms with E-state index in [1.807, 2.05) is 25.1 Å². The summed E-state index contributed by atoms with van der Waals surface area (Å²) in [4.78, 5) is 15.6. The summed E-state index contributed by atoms with van der Waals surface area (Å²) in [6.07, 6.45) is 2.09. The Morgan fingerprint density at radius 1 is 1.28 bits per heavy atom. The number of carbonyl (C=O) groups is 1. The lowest BCUT2D eigenvalue weighted by Crippen LogP contribution is -2.03. The molecule has 0 amide bonds. The fraction of sp³-hybridized carbons (Fsp3) is 0.444. The number of aryl methyl sites for hydroxylation is 1. The number of benzene rings is 1. The summed E-state index contributed by atoms with van der Waals surface area (Å²) >= 11 is 1.14. The van der Waals surface area contributed by atoms with Gasteiger partial charge in [-0.15, -0.1) is 0 Å². The highest BCUT2D eigenvalue weighted by Gasteiger charge is 2.14. The minimum absolute atomic E-state index is 0.261. The van der Waals surface area contributed by atoms with Crippen LogP contribution in [0.25, 0.3) is 0 Å². The molecule has 25 heavy (non-hydrogen) atoms. The van der Waals surface area contributed by atoms with Crippen LogP contribution in [0.2, 0.25) is 0 Å². The summed E-state index contributed by atoms with van der Waals surface area (Å²) in [5.74, 6) is 0.520. The first-order valence-electron chi connectivity index (χ1n) is 8.38. The van der Waals surface area contributed by atoms with E-state index in [4.69, 9.17) is 14.6 Å². The molecular formula is C18H24N2O4S. The Bertz CT molecular complexity index is 715. The number of carboxylic acid groups (broad SMARTS) is 1. The third-order valence-corrected chi connectivity index (χ3v) is 4.60. The van der Waals surface area contributed by atoms with Crippen molar-refractivity contribution < 1.29 is 19.4 Å². The van der Waals surface area contributed by atoms with E-state index in [0.717, 1.165) is 41.2 Å². The molecule has 1 aromatic carbocycles. The molecule has 0 saturated carbocycles. The van der Waals surface area contributed by atoms with Crippen LogP contribution in [0.1, 0.15) is 47.6 Å². The zero-order chi connectivity index (χ0) is 18.2. The van der Waals surface area contributed by atoms with Crippen LogP contribution in [-0.2, 0) is 6.54 Å². The van der Waals surface area contributed by atoms with Gasteiger partial charge < -0.3 is 19.9 Å². The van der Waals surface area contributed by atoms with E-state index in [1.165, 1.54) is 0 Å². The van der Waals surface area contributed by atoms with E-state index in [-0.39, 0.29) is 4.88 Å². The van der Waals surface area contributed by atoms with Gasteiger partial charge >= 0.3 is 5.97 Å². The van der Waals surface area contributed by atoms with Crippen molar-refractivity contribution in [2.24, 2.45) is 0 Å². The molecule has 0 atom stereocenters. The number of ether oxygens (including phenoxy) is 2. The molecule has 2 N–H and O–H groups in total. The summed E-state index contributed by atoms with van der Waals surface area (Å²) in [6.45, 7) is 7.52. The van der Waals surface area contributed by atoms with Crippen molar-refractivity contribution in [2.75, 3.05) is 18.5 Å². The van der Waals surface area contributed by atoms with Gasteiger partial charge in [-0.3, -0.25) is 0 Å². The number of nitrogens with one attached hydrogen (secondary N) is 1. The Labute approximate surface area is 151 Å². The monoisotopic (exact) mass is 364 g/mol. The Morgan fingerprint density at radius 2 is 2.08 bits per heavy atom. The first-order valence-corrected chi connectivity index (χ1v) is 9.19. The molecule has 2 rings (SSSR count). The van der Waals surface area contributed by atoms with Gasteiger partial charge in [0.15, 0.2) is 16.6 Å². The second kappa shape index (κ2) is 9.27. The van der Waals surface area contributed by atoms with E-state index in [2.05, 4.69) is 17.2 Å². The predicted molar refractivity (Wildman–Crippen MR) is 99.2 cm³/mol. The zero-order valence-corrected chi connectivity index (χ0v) is 15.6. The Morgan fingerprint density at radius 3 is 2.72 bits per heavy atom. The number of aromatic nitrogens is 1. The van der Waals surface area contributed by atoms with Crippen LogP contribution >= 0.6 is 11.3 Å². The molecule has 0 fully saturated rings. The van der Waals surface area contributed by atoms with Gasteiger partial charge in [-0.2, -0.15) is 0 Å². The predicted octanol–water partition coefficient (Wildman–Crippen LogP) is 4.34. The summed E-state index contributed by atoms with van der Waals surface area (Å²) in [5, 5.41) is 12.9. The van der Waals surface area contributed by atoms with E-state index >= 15 is 0 Å². The quantitative estimate of drug-likeness (QED) is 0.611. The number of unbranched alkanes of at least 4 members (excludes halogenated alkanes) is 1. The van der Waals surface area contributed by atoms with Crippen molar-refractivity contribution >= 4 is 22.4 Å². The Kier molecular flexibility index (Phi) is 7.06. The highest BCUT2D eigenvalue weighted by molar-refractivity contribution is 7.17. The van der Waals surface area contributed by atoms with Gasteiger partial charge in [0.1, 0.15) is 4.88 Å². The Balaban J connectivity index is 2.05. The van der Waals surface area contributed by atoms with Crippen LogP contribution in [0, 0.1) is 6.92 Å². The van der Waals surface area contributed by atoms with Crippen LogP contribution in [0.4, 0.5) is 5.13 Å². The van der Waals surface area contributed by atoms with Crippen LogP contribution in [0.3, 0.4) is 0 Å². The maximum atomic E-state index is 11.1. The zero-order valence-electron chi connectivity index (χ0n) is 14.8. The molecule has 7 heteroatoms. The summed E-state index contributed by atoms with van der Waals surface area (Å²) in [7, 11) is 0. The van der Waals surface area contributed by atoms with Crippen LogP contribution in [0.5, 0.6) is 11.5 Å². The molecule has 0 radical (unpaired) electrons. The smallest absolute Gasteiger partial charge is 0.347 e. The van der Waals surface area contributed by atoms with Gasteiger partial charge in [0.25, 0.3) is 0 Å². The molecule has 1 aromatic heterocycles. The molecule has 0 spiro atoms. The second-order valence-corrected chi connectivity index (χ2v) is 6.51. The third-order valence-electron chi connectivity index (χ3n) is 3.50. The molecule has 1 heterocycles. The first kappa shape index (κ1) is 19.1. The molecule has 0 aliphatic rings. The molecular weight excluding hydrogens is 340 g/mol. The Hall–Kier alpha value is -2.28. The number of aromatic carboxylic acids is 1. The van der Waals surface area contributed by atoms with Crippen LogP contribution in [0.15, 0.2) is 18.2 Å². The molecule has 0 saturated heterocycles. The van der Waals surface area contributed by atoms with Gasteiger partial charge in [-0.1, -0.05) is 30.7 Å².